The number of hydrogen-bond acceptors (Lipinski definition) is 4. The van der Waals surface area contributed by atoms with Crippen molar-refractivity contribution in [3.8, 4) is 0 Å². The maximum atomic E-state index is 13.0. The van der Waals surface area contributed by atoms with Crippen LogP contribution in [0.1, 0.15) is 49.2 Å². The van der Waals surface area contributed by atoms with Crippen molar-refractivity contribution in [3.05, 3.63) is 17.0 Å². The molecule has 3 rings (SSSR count). The van der Waals surface area contributed by atoms with Crippen LogP contribution >= 0.6 is 0 Å². The van der Waals surface area contributed by atoms with E-state index in [2.05, 4.69) is 15.7 Å². The summed E-state index contributed by atoms with van der Waals surface area (Å²) in [6.07, 6.45) is 3.80. The molecule has 2 atom stereocenters. The smallest absolute Gasteiger partial charge is 0.333 e. The Balaban J connectivity index is 1.53. The topological polar surface area (TPSA) is 79.3 Å². The summed E-state index contributed by atoms with van der Waals surface area (Å²) in [6, 6.07) is -0.0985. The molecule has 2 saturated heterocycles. The first-order valence-electron chi connectivity index (χ1n) is 9.98. The zero-order chi connectivity index (χ0) is 20.3. The maximum Gasteiger partial charge on any atom is 0.333 e. The van der Waals surface area contributed by atoms with Gasteiger partial charge in [-0.25, -0.2) is 4.68 Å². The average molecular weight is 397 g/mol. The third kappa shape index (κ3) is 4.68. The number of carbonyl (C=O) groups is 2. The number of aromatic nitrogens is 2. The maximum absolute atomic E-state index is 13.0. The Kier molecular flexibility index (Phi) is 6.64. The largest absolute Gasteiger partial charge is 0.354 e. The Hall–Kier alpha value is -2.03. The van der Waals surface area contributed by atoms with Gasteiger partial charge in [-0.1, -0.05) is 0 Å². The van der Waals surface area contributed by atoms with Crippen LogP contribution in [-0.2, 0) is 16.0 Å². The molecule has 28 heavy (non-hydrogen) atoms. The highest BCUT2D eigenvalue weighted by atomic mass is 19.3. The zero-order valence-electron chi connectivity index (χ0n) is 16.5. The Labute approximate surface area is 163 Å². The second-order valence-corrected chi connectivity index (χ2v) is 7.79. The molecule has 7 nitrogen and oxygen atoms in total. The Morgan fingerprint density at radius 1 is 1.29 bits per heavy atom. The molecule has 156 valence electrons. The lowest BCUT2D eigenvalue weighted by atomic mass is 9.97. The number of likely N-dealkylation sites (tertiary alicyclic amines) is 1. The van der Waals surface area contributed by atoms with Gasteiger partial charge in [0.25, 0.3) is 0 Å². The predicted octanol–water partition coefficient (Wildman–Crippen LogP) is 1.54. The molecule has 0 aromatic carbocycles. The van der Waals surface area contributed by atoms with E-state index in [1.54, 1.807) is 18.7 Å². The lowest BCUT2D eigenvalue weighted by molar-refractivity contribution is -0.132. The third-order valence-corrected chi connectivity index (χ3v) is 5.80. The number of piperidine rings is 1. The molecule has 0 radical (unpaired) electrons. The van der Waals surface area contributed by atoms with Crippen molar-refractivity contribution in [2.45, 2.75) is 58.5 Å². The molecule has 9 heteroatoms. The van der Waals surface area contributed by atoms with E-state index in [4.69, 9.17) is 0 Å². The molecule has 1 aromatic heterocycles. The minimum Gasteiger partial charge on any atom is -0.354 e. The molecule has 2 aliphatic rings. The van der Waals surface area contributed by atoms with Gasteiger partial charge in [0.1, 0.15) is 0 Å². The van der Waals surface area contributed by atoms with Gasteiger partial charge in [-0.3, -0.25) is 9.59 Å². The summed E-state index contributed by atoms with van der Waals surface area (Å²) >= 11 is 0. The van der Waals surface area contributed by atoms with E-state index in [1.807, 2.05) is 0 Å². The molecule has 2 fully saturated rings. The first-order valence-corrected chi connectivity index (χ1v) is 9.98. The summed E-state index contributed by atoms with van der Waals surface area (Å²) in [4.78, 5) is 26.7. The third-order valence-electron chi connectivity index (χ3n) is 5.80. The van der Waals surface area contributed by atoms with Crippen molar-refractivity contribution < 1.29 is 18.4 Å². The molecular weight excluding hydrogens is 368 g/mol. The fourth-order valence-electron chi connectivity index (χ4n) is 4.14. The van der Waals surface area contributed by atoms with E-state index >= 15 is 0 Å². The number of amides is 2. The predicted molar refractivity (Wildman–Crippen MR) is 100.0 cm³/mol. The van der Waals surface area contributed by atoms with Crippen molar-refractivity contribution >= 4 is 11.8 Å². The van der Waals surface area contributed by atoms with Gasteiger partial charge in [-0.2, -0.15) is 13.9 Å². The van der Waals surface area contributed by atoms with Gasteiger partial charge in [-0.15, -0.1) is 0 Å². The van der Waals surface area contributed by atoms with E-state index in [1.165, 1.54) is 0 Å². The molecule has 0 saturated carbocycles. The highest BCUT2D eigenvalue weighted by Crippen LogP contribution is 2.22. The number of nitrogens with one attached hydrogen (secondary N) is 2. The monoisotopic (exact) mass is 397 g/mol. The minimum absolute atomic E-state index is 0.0339. The highest BCUT2D eigenvalue weighted by Gasteiger charge is 2.28. The summed E-state index contributed by atoms with van der Waals surface area (Å²) in [5.41, 5.74) is 1.38. The summed E-state index contributed by atoms with van der Waals surface area (Å²) in [6.45, 7) is 3.19. The van der Waals surface area contributed by atoms with E-state index in [-0.39, 0.29) is 30.2 Å². The van der Waals surface area contributed by atoms with Crippen LogP contribution < -0.4 is 10.6 Å². The van der Waals surface area contributed by atoms with Gasteiger partial charge in [-0.05, 0) is 52.0 Å². The van der Waals surface area contributed by atoms with Crippen LogP contribution in [0.3, 0.4) is 0 Å². The SMILES string of the molecule is Cc1nn(C(F)F)c(C)c1CC(=O)N1CCCC(CNC(=O)C2CCCN2)C1. The molecule has 2 aliphatic heterocycles. The van der Waals surface area contributed by atoms with Gasteiger partial charge < -0.3 is 15.5 Å². The standard InChI is InChI=1S/C19H29F2N5O2/c1-12-15(13(2)26(24-12)19(20)21)9-17(27)25-8-4-5-14(11-25)10-23-18(28)16-6-3-7-22-16/h14,16,19,22H,3-11H2,1-2H3,(H,23,28). The van der Waals surface area contributed by atoms with E-state index < -0.39 is 6.55 Å². The van der Waals surface area contributed by atoms with Gasteiger partial charge in [0, 0.05) is 30.9 Å². The molecule has 0 spiro atoms. The van der Waals surface area contributed by atoms with Crippen LogP contribution in [0.2, 0.25) is 0 Å². The van der Waals surface area contributed by atoms with Crippen molar-refractivity contribution in [1.82, 2.24) is 25.3 Å². The quantitative estimate of drug-likeness (QED) is 0.763. The number of aryl methyl sites for hydroxylation is 1. The minimum atomic E-state index is -2.71. The fraction of sp³-hybridized carbons (Fsp3) is 0.737. The number of halogens is 2. The lowest BCUT2D eigenvalue weighted by Gasteiger charge is -2.33. The number of hydrogen-bond donors (Lipinski definition) is 2. The second-order valence-electron chi connectivity index (χ2n) is 7.79. The van der Waals surface area contributed by atoms with Crippen molar-refractivity contribution in [3.63, 3.8) is 0 Å². The lowest BCUT2D eigenvalue weighted by Crippen LogP contribution is -2.47. The molecular formula is C19H29F2N5O2. The molecule has 2 N–H and O–H groups in total. The Bertz CT molecular complexity index is 715. The van der Waals surface area contributed by atoms with Crippen molar-refractivity contribution in [2.24, 2.45) is 5.92 Å². The molecule has 1 aromatic rings. The van der Waals surface area contributed by atoms with Crippen LogP contribution in [0, 0.1) is 19.8 Å². The molecule has 2 unspecified atom stereocenters. The van der Waals surface area contributed by atoms with Gasteiger partial charge in [0.05, 0.1) is 18.2 Å². The summed E-state index contributed by atoms with van der Waals surface area (Å²) in [7, 11) is 0. The summed E-state index contributed by atoms with van der Waals surface area (Å²) < 4.78 is 26.7. The Morgan fingerprint density at radius 2 is 2.07 bits per heavy atom. The fourth-order valence-corrected chi connectivity index (χ4v) is 4.14. The molecule has 0 aliphatic carbocycles. The van der Waals surface area contributed by atoms with Crippen LogP contribution in [-0.4, -0.2) is 58.7 Å². The first kappa shape index (κ1) is 20.7. The summed E-state index contributed by atoms with van der Waals surface area (Å²) in [5, 5.41) is 10.0. The number of carbonyl (C=O) groups excluding carboxylic acids is 2. The first-order chi connectivity index (χ1) is 13.4. The van der Waals surface area contributed by atoms with Crippen LogP contribution in [0.15, 0.2) is 0 Å². The van der Waals surface area contributed by atoms with Crippen LogP contribution in [0.4, 0.5) is 8.78 Å². The zero-order valence-corrected chi connectivity index (χ0v) is 16.5. The Morgan fingerprint density at radius 3 is 2.71 bits per heavy atom. The molecule has 0 bridgehead atoms. The second kappa shape index (κ2) is 8.98. The molecule has 3 heterocycles. The number of rotatable bonds is 6. The van der Waals surface area contributed by atoms with Gasteiger partial charge in [0.2, 0.25) is 11.8 Å². The number of nitrogens with zero attached hydrogens (tertiary/aromatic N) is 3. The van der Waals surface area contributed by atoms with Crippen molar-refractivity contribution in [2.75, 3.05) is 26.2 Å². The van der Waals surface area contributed by atoms with Crippen molar-refractivity contribution in [1.29, 1.82) is 0 Å². The highest BCUT2D eigenvalue weighted by molar-refractivity contribution is 5.82. The van der Waals surface area contributed by atoms with Crippen LogP contribution in [0.5, 0.6) is 0 Å². The average Bonchev–Trinajstić information content (AvgIpc) is 3.30. The van der Waals surface area contributed by atoms with Crippen LogP contribution in [0.25, 0.3) is 0 Å². The normalized spacial score (nSPS) is 22.7. The number of alkyl halides is 2. The molecule has 2 amide bonds. The summed E-state index contributed by atoms with van der Waals surface area (Å²) in [5.74, 6) is 0.175. The van der Waals surface area contributed by atoms with E-state index in [0.29, 0.717) is 41.3 Å². The van der Waals surface area contributed by atoms with E-state index in [9.17, 15) is 18.4 Å². The van der Waals surface area contributed by atoms with E-state index in [0.717, 1.165) is 32.2 Å². The van der Waals surface area contributed by atoms with Gasteiger partial charge in [0.15, 0.2) is 0 Å². The van der Waals surface area contributed by atoms with Gasteiger partial charge >= 0.3 is 6.55 Å².